The molecule has 39 heavy (non-hydrogen) atoms. The summed E-state index contributed by atoms with van der Waals surface area (Å²) in [5.74, 6) is 2.01. The number of fused-ring (bicyclic) bond motifs is 2. The first-order valence-electron chi connectivity index (χ1n) is 13.2. The SMILES string of the molecule is CC(C)(C)c1nn(-c2ccccc2Cl)c2c1C(c1ccc3c(c1)OCO3)SCC(=O)N2CC(=O)N1CCCC1. The summed E-state index contributed by atoms with van der Waals surface area (Å²) in [6, 6.07) is 13.4. The summed E-state index contributed by atoms with van der Waals surface area (Å²) in [5, 5.41) is 5.40. The van der Waals surface area contributed by atoms with E-state index in [1.807, 2.05) is 47.4 Å². The molecule has 3 aliphatic rings. The summed E-state index contributed by atoms with van der Waals surface area (Å²) in [4.78, 5) is 30.7. The lowest BCUT2D eigenvalue weighted by atomic mass is 9.87. The molecule has 0 spiro atoms. The highest BCUT2D eigenvalue weighted by Crippen LogP contribution is 2.50. The van der Waals surface area contributed by atoms with Crippen molar-refractivity contribution in [3.63, 3.8) is 0 Å². The third-order valence-corrected chi connectivity index (χ3v) is 8.91. The van der Waals surface area contributed by atoms with Crippen LogP contribution in [0.15, 0.2) is 42.5 Å². The van der Waals surface area contributed by atoms with Crippen molar-refractivity contribution in [1.82, 2.24) is 14.7 Å². The zero-order valence-electron chi connectivity index (χ0n) is 22.3. The molecule has 1 fully saturated rings. The van der Waals surface area contributed by atoms with Gasteiger partial charge in [0.2, 0.25) is 18.6 Å². The van der Waals surface area contributed by atoms with Crippen LogP contribution in [0.2, 0.25) is 5.02 Å². The molecule has 1 saturated heterocycles. The Morgan fingerprint density at radius 3 is 2.59 bits per heavy atom. The average molecular weight is 567 g/mol. The normalized spacial score (nSPS) is 18.9. The standard InChI is InChI=1S/C29H31ClN4O4S/c1-29(2,3)27-25-26(18-10-11-21-22(14-18)38-17-37-21)39-16-24(36)33(15-23(35)32-12-6-7-13-32)28(25)34(31-27)20-9-5-4-8-19(20)30/h4-5,8-11,14,26H,6-7,12-13,15-17H2,1-3H3. The van der Waals surface area contributed by atoms with Crippen molar-refractivity contribution < 1.29 is 19.1 Å². The maximum atomic E-state index is 13.8. The number of benzene rings is 2. The molecule has 4 heterocycles. The Balaban J connectivity index is 1.58. The highest BCUT2D eigenvalue weighted by Gasteiger charge is 2.41. The fourth-order valence-corrected chi connectivity index (χ4v) is 6.81. The van der Waals surface area contributed by atoms with Gasteiger partial charge in [-0.2, -0.15) is 5.10 Å². The zero-order chi connectivity index (χ0) is 27.3. The van der Waals surface area contributed by atoms with Crippen LogP contribution in [-0.2, 0) is 15.0 Å². The van der Waals surface area contributed by atoms with E-state index in [1.54, 1.807) is 21.3 Å². The van der Waals surface area contributed by atoms with Crippen LogP contribution in [0, 0.1) is 0 Å². The maximum absolute atomic E-state index is 13.8. The van der Waals surface area contributed by atoms with Gasteiger partial charge < -0.3 is 14.4 Å². The van der Waals surface area contributed by atoms with E-state index in [4.69, 9.17) is 26.2 Å². The van der Waals surface area contributed by atoms with Crippen LogP contribution < -0.4 is 14.4 Å². The number of amides is 2. The number of nitrogens with zero attached hydrogens (tertiary/aromatic N) is 4. The molecule has 1 aromatic heterocycles. The molecule has 3 aliphatic heterocycles. The molecular formula is C29H31ClN4O4S. The number of rotatable bonds is 4. The van der Waals surface area contributed by atoms with Gasteiger partial charge in [-0.1, -0.05) is 50.6 Å². The number of thioether (sulfide) groups is 1. The summed E-state index contributed by atoms with van der Waals surface area (Å²) in [6.45, 7) is 7.92. The predicted molar refractivity (Wildman–Crippen MR) is 152 cm³/mol. The van der Waals surface area contributed by atoms with Gasteiger partial charge in [-0.15, -0.1) is 11.8 Å². The van der Waals surface area contributed by atoms with Gasteiger partial charge in [-0.05, 0) is 42.7 Å². The van der Waals surface area contributed by atoms with Gasteiger partial charge in [0.1, 0.15) is 12.4 Å². The summed E-state index contributed by atoms with van der Waals surface area (Å²) in [5.41, 5.74) is 3.04. The van der Waals surface area contributed by atoms with Gasteiger partial charge in [0.15, 0.2) is 11.5 Å². The average Bonchev–Trinajstić information content (AvgIpc) is 3.66. The molecule has 10 heteroatoms. The van der Waals surface area contributed by atoms with Crippen LogP contribution in [-0.4, -0.2) is 58.7 Å². The van der Waals surface area contributed by atoms with Crippen molar-refractivity contribution in [1.29, 1.82) is 0 Å². The number of ether oxygens (including phenoxy) is 2. The molecule has 1 unspecified atom stereocenters. The van der Waals surface area contributed by atoms with Crippen LogP contribution in [0.5, 0.6) is 11.5 Å². The Kier molecular flexibility index (Phi) is 6.75. The van der Waals surface area contributed by atoms with Gasteiger partial charge in [0, 0.05) is 24.1 Å². The Hall–Kier alpha value is -3.17. The van der Waals surface area contributed by atoms with Gasteiger partial charge >= 0.3 is 0 Å². The number of para-hydroxylation sites is 1. The molecule has 0 aliphatic carbocycles. The second-order valence-corrected chi connectivity index (χ2v) is 12.6. The monoisotopic (exact) mass is 566 g/mol. The number of carbonyl (C=O) groups excluding carboxylic acids is 2. The van der Waals surface area contributed by atoms with Crippen LogP contribution in [0.3, 0.4) is 0 Å². The highest BCUT2D eigenvalue weighted by molar-refractivity contribution is 8.00. The molecule has 1 atom stereocenters. The van der Waals surface area contributed by atoms with Crippen molar-refractivity contribution >= 4 is 41.0 Å². The molecule has 8 nitrogen and oxygen atoms in total. The van der Waals surface area contributed by atoms with Crippen LogP contribution >= 0.6 is 23.4 Å². The molecule has 2 amide bonds. The lowest BCUT2D eigenvalue weighted by Crippen LogP contribution is -2.43. The van der Waals surface area contributed by atoms with E-state index in [9.17, 15) is 9.59 Å². The fraction of sp³-hybridized carbons (Fsp3) is 0.414. The fourth-order valence-electron chi connectivity index (χ4n) is 5.41. The van der Waals surface area contributed by atoms with Crippen molar-refractivity contribution in [3.05, 3.63) is 64.3 Å². The maximum Gasteiger partial charge on any atom is 0.242 e. The van der Waals surface area contributed by atoms with Gasteiger partial charge in [0.25, 0.3) is 0 Å². The number of halogens is 1. The van der Waals surface area contributed by atoms with Gasteiger partial charge in [0.05, 0.1) is 27.4 Å². The van der Waals surface area contributed by atoms with Crippen LogP contribution in [0.1, 0.15) is 55.7 Å². The van der Waals surface area contributed by atoms with E-state index < -0.39 is 0 Å². The van der Waals surface area contributed by atoms with E-state index in [2.05, 4.69) is 20.8 Å². The Bertz CT molecular complexity index is 1440. The second kappa shape index (κ2) is 10.1. The molecule has 2 aromatic carbocycles. The molecule has 204 valence electrons. The summed E-state index contributed by atoms with van der Waals surface area (Å²) in [6.07, 6.45) is 1.97. The van der Waals surface area contributed by atoms with E-state index in [0.717, 1.165) is 42.8 Å². The summed E-state index contributed by atoms with van der Waals surface area (Å²) >= 11 is 8.24. The smallest absolute Gasteiger partial charge is 0.242 e. The van der Waals surface area contributed by atoms with Crippen molar-refractivity contribution in [3.8, 4) is 17.2 Å². The second-order valence-electron chi connectivity index (χ2n) is 11.1. The largest absolute Gasteiger partial charge is 0.454 e. The van der Waals surface area contributed by atoms with E-state index >= 15 is 0 Å². The first-order chi connectivity index (χ1) is 18.7. The van der Waals surface area contributed by atoms with E-state index in [-0.39, 0.29) is 41.6 Å². The third kappa shape index (κ3) is 4.76. The number of anilines is 1. The summed E-state index contributed by atoms with van der Waals surface area (Å²) < 4.78 is 13.0. The minimum absolute atomic E-state index is 0.0417. The van der Waals surface area contributed by atoms with Crippen molar-refractivity contribution in [2.24, 2.45) is 0 Å². The van der Waals surface area contributed by atoms with Gasteiger partial charge in [-0.3, -0.25) is 14.5 Å². The van der Waals surface area contributed by atoms with Crippen molar-refractivity contribution in [2.45, 2.75) is 44.3 Å². The molecule has 0 bridgehead atoms. The van der Waals surface area contributed by atoms with Gasteiger partial charge in [-0.25, -0.2) is 4.68 Å². The molecule has 0 N–H and O–H groups in total. The number of likely N-dealkylation sites (tertiary alicyclic amines) is 1. The Morgan fingerprint density at radius 1 is 1.10 bits per heavy atom. The minimum Gasteiger partial charge on any atom is -0.454 e. The highest BCUT2D eigenvalue weighted by atomic mass is 35.5. The number of hydrogen-bond donors (Lipinski definition) is 0. The number of carbonyl (C=O) groups is 2. The quantitative estimate of drug-likeness (QED) is 0.424. The lowest BCUT2D eigenvalue weighted by Gasteiger charge is -2.26. The zero-order valence-corrected chi connectivity index (χ0v) is 23.8. The Morgan fingerprint density at radius 2 is 1.85 bits per heavy atom. The van der Waals surface area contributed by atoms with Crippen molar-refractivity contribution in [2.75, 3.05) is 37.1 Å². The Labute approximate surface area is 237 Å². The number of aromatic nitrogens is 2. The van der Waals surface area contributed by atoms with E-state index in [1.165, 1.54) is 0 Å². The first kappa shape index (κ1) is 26.1. The third-order valence-electron chi connectivity index (χ3n) is 7.33. The first-order valence-corrected chi connectivity index (χ1v) is 14.6. The molecular weight excluding hydrogens is 536 g/mol. The van der Waals surface area contributed by atoms with Crippen LogP contribution in [0.4, 0.5) is 5.82 Å². The predicted octanol–water partition coefficient (Wildman–Crippen LogP) is 5.34. The topological polar surface area (TPSA) is 76.9 Å². The summed E-state index contributed by atoms with van der Waals surface area (Å²) in [7, 11) is 0. The molecule has 0 radical (unpaired) electrons. The molecule has 6 rings (SSSR count). The van der Waals surface area contributed by atoms with Crippen LogP contribution in [0.25, 0.3) is 5.69 Å². The molecule has 0 saturated carbocycles. The minimum atomic E-state index is -0.357. The lowest BCUT2D eigenvalue weighted by molar-refractivity contribution is -0.130. The number of hydrogen-bond acceptors (Lipinski definition) is 6. The van der Waals surface area contributed by atoms with E-state index in [0.29, 0.717) is 28.0 Å². The molecule has 3 aromatic rings.